The summed E-state index contributed by atoms with van der Waals surface area (Å²) >= 11 is 0. The van der Waals surface area contributed by atoms with Gasteiger partial charge in [0.25, 0.3) is 0 Å². The lowest BCUT2D eigenvalue weighted by molar-refractivity contribution is -0.152. The molecular weight excluding hydrogens is 248 g/mol. The standard InChI is InChI=1S/C13H26O4Si/c1-10(2)13(16)17-12(11(15)9-14)7-6-8-18(3,4)5/h11-12,14-15H,1,6-9H2,2-5H3. The SMILES string of the molecule is C=C(C)C(=O)OC(CCC[Si](C)(C)C)C(O)CO. The van der Waals surface area contributed by atoms with Crippen LogP contribution in [-0.2, 0) is 9.53 Å². The van der Waals surface area contributed by atoms with Crippen molar-refractivity contribution in [2.45, 2.75) is 57.7 Å². The first-order chi connectivity index (χ1) is 8.17. The molecule has 0 saturated carbocycles. The molecule has 2 atom stereocenters. The number of hydrogen-bond acceptors (Lipinski definition) is 4. The van der Waals surface area contributed by atoms with Crippen LogP contribution in [-0.4, -0.2) is 43.1 Å². The second-order valence-corrected chi connectivity index (χ2v) is 11.5. The maximum absolute atomic E-state index is 11.4. The van der Waals surface area contributed by atoms with Crippen LogP contribution in [0.3, 0.4) is 0 Å². The van der Waals surface area contributed by atoms with E-state index in [1.807, 2.05) is 0 Å². The largest absolute Gasteiger partial charge is 0.456 e. The van der Waals surface area contributed by atoms with E-state index in [1.54, 1.807) is 6.92 Å². The Kier molecular flexibility index (Phi) is 7.43. The lowest BCUT2D eigenvalue weighted by Gasteiger charge is -2.23. The molecule has 0 radical (unpaired) electrons. The fourth-order valence-electron chi connectivity index (χ4n) is 1.52. The van der Waals surface area contributed by atoms with Crippen LogP contribution in [0.2, 0.25) is 25.7 Å². The Balaban J connectivity index is 4.33. The lowest BCUT2D eigenvalue weighted by atomic mass is 10.1. The summed E-state index contributed by atoms with van der Waals surface area (Å²) in [4.78, 5) is 11.4. The number of hydrogen-bond donors (Lipinski definition) is 2. The quantitative estimate of drug-likeness (QED) is 0.403. The molecule has 0 aliphatic carbocycles. The normalized spacial score (nSPS) is 15.0. The zero-order valence-corrected chi connectivity index (χ0v) is 12.9. The molecule has 0 aliphatic rings. The van der Waals surface area contributed by atoms with Gasteiger partial charge in [-0.05, 0) is 13.3 Å². The summed E-state index contributed by atoms with van der Waals surface area (Å²) in [6.45, 7) is 11.5. The average Bonchev–Trinajstić information content (AvgIpc) is 2.24. The van der Waals surface area contributed by atoms with E-state index in [4.69, 9.17) is 9.84 Å². The molecule has 0 aromatic carbocycles. The zero-order chi connectivity index (χ0) is 14.3. The first-order valence-electron chi connectivity index (χ1n) is 6.33. The van der Waals surface area contributed by atoms with E-state index in [1.165, 1.54) is 0 Å². The molecule has 2 N–H and O–H groups in total. The monoisotopic (exact) mass is 274 g/mol. The van der Waals surface area contributed by atoms with Gasteiger partial charge in [0.05, 0.1) is 6.61 Å². The third-order valence-electron chi connectivity index (χ3n) is 2.64. The predicted octanol–water partition coefficient (Wildman–Crippen LogP) is 1.95. The van der Waals surface area contributed by atoms with Gasteiger partial charge in [-0.1, -0.05) is 38.7 Å². The molecule has 2 unspecified atom stereocenters. The minimum Gasteiger partial charge on any atom is -0.456 e. The smallest absolute Gasteiger partial charge is 0.333 e. The highest BCUT2D eigenvalue weighted by molar-refractivity contribution is 6.76. The Morgan fingerprint density at radius 1 is 1.39 bits per heavy atom. The molecule has 0 spiro atoms. The summed E-state index contributed by atoms with van der Waals surface area (Å²) in [5, 5.41) is 18.6. The van der Waals surface area contributed by atoms with Crippen LogP contribution in [0, 0.1) is 0 Å². The Morgan fingerprint density at radius 3 is 2.33 bits per heavy atom. The Morgan fingerprint density at radius 2 is 1.94 bits per heavy atom. The minimum atomic E-state index is -1.13. The second-order valence-electron chi connectivity index (χ2n) is 5.93. The van der Waals surface area contributed by atoms with Crippen molar-refractivity contribution >= 4 is 14.0 Å². The molecule has 0 heterocycles. The van der Waals surface area contributed by atoms with Crippen molar-refractivity contribution in [3.63, 3.8) is 0 Å². The van der Waals surface area contributed by atoms with E-state index >= 15 is 0 Å². The molecular formula is C13H26O4Si. The number of aliphatic hydroxyl groups excluding tert-OH is 2. The molecule has 0 bridgehead atoms. The first-order valence-corrected chi connectivity index (χ1v) is 10.0. The third kappa shape index (κ3) is 7.63. The van der Waals surface area contributed by atoms with Crippen LogP contribution >= 0.6 is 0 Å². The highest BCUT2D eigenvalue weighted by Gasteiger charge is 2.24. The molecule has 0 saturated heterocycles. The van der Waals surface area contributed by atoms with Crippen molar-refractivity contribution < 1.29 is 19.7 Å². The molecule has 0 aliphatic heterocycles. The highest BCUT2D eigenvalue weighted by Crippen LogP contribution is 2.17. The van der Waals surface area contributed by atoms with Crippen LogP contribution in [0.15, 0.2) is 12.2 Å². The third-order valence-corrected chi connectivity index (χ3v) is 4.49. The van der Waals surface area contributed by atoms with Crippen molar-refractivity contribution in [1.82, 2.24) is 0 Å². The van der Waals surface area contributed by atoms with Gasteiger partial charge in [0, 0.05) is 13.6 Å². The summed E-state index contributed by atoms with van der Waals surface area (Å²) in [5.41, 5.74) is 0.301. The number of aliphatic hydroxyl groups is 2. The number of esters is 1. The van der Waals surface area contributed by atoms with Gasteiger partial charge in [-0.25, -0.2) is 4.79 Å². The van der Waals surface area contributed by atoms with Crippen molar-refractivity contribution in [3.05, 3.63) is 12.2 Å². The van der Waals surface area contributed by atoms with E-state index in [2.05, 4.69) is 26.2 Å². The molecule has 0 aromatic rings. The molecule has 0 aromatic heterocycles. The Bertz CT molecular complexity index is 283. The molecule has 0 fully saturated rings. The maximum atomic E-state index is 11.4. The summed E-state index contributed by atoms with van der Waals surface area (Å²) in [7, 11) is -1.13. The minimum absolute atomic E-state index is 0.301. The van der Waals surface area contributed by atoms with E-state index in [-0.39, 0.29) is 0 Å². The summed E-state index contributed by atoms with van der Waals surface area (Å²) in [6.07, 6.45) is -0.197. The van der Waals surface area contributed by atoms with E-state index < -0.39 is 32.9 Å². The average molecular weight is 274 g/mol. The number of carbonyl (C=O) groups is 1. The first kappa shape index (κ1) is 17.3. The fraction of sp³-hybridized carbons (Fsp3) is 0.769. The van der Waals surface area contributed by atoms with Crippen LogP contribution in [0.25, 0.3) is 0 Å². The number of ether oxygens (including phenoxy) is 1. The Hall–Kier alpha value is -0.653. The molecule has 4 nitrogen and oxygen atoms in total. The van der Waals surface area contributed by atoms with Crippen LogP contribution in [0.1, 0.15) is 19.8 Å². The maximum Gasteiger partial charge on any atom is 0.333 e. The predicted molar refractivity (Wildman–Crippen MR) is 75.2 cm³/mol. The second kappa shape index (κ2) is 7.71. The topological polar surface area (TPSA) is 66.8 Å². The van der Waals surface area contributed by atoms with Gasteiger partial charge in [-0.2, -0.15) is 0 Å². The molecule has 5 heteroatoms. The summed E-state index contributed by atoms with van der Waals surface area (Å²) in [5.74, 6) is -0.513. The van der Waals surface area contributed by atoms with Gasteiger partial charge in [-0.15, -0.1) is 0 Å². The molecule has 106 valence electrons. The van der Waals surface area contributed by atoms with Crippen molar-refractivity contribution in [1.29, 1.82) is 0 Å². The van der Waals surface area contributed by atoms with Gasteiger partial charge in [0.2, 0.25) is 0 Å². The summed E-state index contributed by atoms with van der Waals surface area (Å²) in [6, 6.07) is 1.10. The number of rotatable bonds is 8. The fourth-order valence-corrected chi connectivity index (χ4v) is 2.78. The van der Waals surface area contributed by atoms with E-state index in [0.29, 0.717) is 12.0 Å². The molecule has 0 amide bonds. The summed E-state index contributed by atoms with van der Waals surface area (Å²) < 4.78 is 5.15. The van der Waals surface area contributed by atoms with Crippen LogP contribution < -0.4 is 0 Å². The van der Waals surface area contributed by atoms with Gasteiger partial charge >= 0.3 is 5.97 Å². The van der Waals surface area contributed by atoms with Crippen LogP contribution in [0.5, 0.6) is 0 Å². The highest BCUT2D eigenvalue weighted by atomic mass is 28.3. The lowest BCUT2D eigenvalue weighted by Crippen LogP contribution is -2.34. The van der Waals surface area contributed by atoms with Gasteiger partial charge in [0.1, 0.15) is 12.2 Å². The Labute approximate surface area is 111 Å². The number of carbonyl (C=O) groups excluding carboxylic acids is 1. The van der Waals surface area contributed by atoms with Crippen molar-refractivity contribution in [2.24, 2.45) is 0 Å². The van der Waals surface area contributed by atoms with E-state index in [9.17, 15) is 9.90 Å². The van der Waals surface area contributed by atoms with Crippen molar-refractivity contribution in [3.8, 4) is 0 Å². The molecule has 0 rings (SSSR count). The molecule has 18 heavy (non-hydrogen) atoms. The van der Waals surface area contributed by atoms with Crippen molar-refractivity contribution in [2.75, 3.05) is 6.61 Å². The zero-order valence-electron chi connectivity index (χ0n) is 11.9. The van der Waals surface area contributed by atoms with E-state index in [0.717, 1.165) is 12.5 Å². The van der Waals surface area contributed by atoms with Gasteiger partial charge in [-0.3, -0.25) is 0 Å². The van der Waals surface area contributed by atoms with Gasteiger partial charge in [0.15, 0.2) is 0 Å². The van der Waals surface area contributed by atoms with Crippen LogP contribution in [0.4, 0.5) is 0 Å². The van der Waals surface area contributed by atoms with Gasteiger partial charge < -0.3 is 14.9 Å².